The van der Waals surface area contributed by atoms with Crippen LogP contribution in [0.15, 0.2) is 59.5 Å². The van der Waals surface area contributed by atoms with Crippen LogP contribution in [0.5, 0.6) is 5.75 Å². The number of piperidine rings is 1. The topological polar surface area (TPSA) is 75.7 Å². The second kappa shape index (κ2) is 7.93. The molecule has 1 N–H and O–H groups in total. The Balaban J connectivity index is 1.46. The van der Waals surface area contributed by atoms with Gasteiger partial charge in [0, 0.05) is 25.1 Å². The number of carbonyl (C=O) groups excluding carboxylic acids is 1. The molecule has 0 unspecified atom stereocenters. The Morgan fingerprint density at radius 1 is 1.04 bits per heavy atom. The van der Waals surface area contributed by atoms with E-state index in [-0.39, 0.29) is 29.3 Å². The predicted molar refractivity (Wildman–Crippen MR) is 105 cm³/mol. The largest absolute Gasteiger partial charge is 0.493 e. The van der Waals surface area contributed by atoms with Crippen molar-refractivity contribution in [2.75, 3.05) is 19.7 Å². The first-order chi connectivity index (χ1) is 13.6. The summed E-state index contributed by atoms with van der Waals surface area (Å²) in [5.74, 6) is 0.368. The van der Waals surface area contributed by atoms with Gasteiger partial charge in [0.1, 0.15) is 5.75 Å². The number of nitrogens with zero attached hydrogens (tertiary/aromatic N) is 1. The van der Waals surface area contributed by atoms with Gasteiger partial charge in [-0.3, -0.25) is 4.79 Å². The highest BCUT2D eigenvalue weighted by molar-refractivity contribution is 7.89. The number of rotatable bonds is 4. The van der Waals surface area contributed by atoms with Crippen LogP contribution in [0, 0.1) is 5.92 Å². The van der Waals surface area contributed by atoms with Crippen LogP contribution < -0.4 is 10.1 Å². The van der Waals surface area contributed by atoms with E-state index in [9.17, 15) is 13.2 Å². The van der Waals surface area contributed by atoms with Crippen LogP contribution in [0.1, 0.15) is 30.9 Å². The molecule has 1 saturated heterocycles. The molecule has 4 rings (SSSR count). The summed E-state index contributed by atoms with van der Waals surface area (Å²) in [6.45, 7) is 1.22. The first-order valence-electron chi connectivity index (χ1n) is 9.63. The highest BCUT2D eigenvalue weighted by atomic mass is 32.2. The number of amides is 1. The molecule has 0 aromatic heterocycles. The SMILES string of the molecule is O=C(N[C@H]1CCOc2ccccc21)[C@H]1CCCN(S(=O)(=O)c2ccccc2)C1. The summed E-state index contributed by atoms with van der Waals surface area (Å²) in [7, 11) is -3.58. The molecule has 0 radical (unpaired) electrons. The van der Waals surface area contributed by atoms with Crippen molar-refractivity contribution in [3.63, 3.8) is 0 Å². The number of fused-ring (bicyclic) bond motifs is 1. The Bertz CT molecular complexity index is 946. The van der Waals surface area contributed by atoms with E-state index in [1.54, 1.807) is 30.3 Å². The monoisotopic (exact) mass is 400 g/mol. The number of sulfonamides is 1. The van der Waals surface area contributed by atoms with Crippen molar-refractivity contribution in [3.8, 4) is 5.75 Å². The van der Waals surface area contributed by atoms with Gasteiger partial charge >= 0.3 is 0 Å². The molecule has 2 aromatic rings. The summed E-state index contributed by atoms with van der Waals surface area (Å²) in [6, 6.07) is 16.0. The number of hydrogen-bond donors (Lipinski definition) is 1. The van der Waals surface area contributed by atoms with Crippen LogP contribution in [0.4, 0.5) is 0 Å². The van der Waals surface area contributed by atoms with Crippen molar-refractivity contribution in [1.82, 2.24) is 9.62 Å². The minimum absolute atomic E-state index is 0.0883. The summed E-state index contributed by atoms with van der Waals surface area (Å²) in [5, 5.41) is 3.12. The summed E-state index contributed by atoms with van der Waals surface area (Å²) in [4.78, 5) is 13.2. The average molecular weight is 401 g/mol. The lowest BCUT2D eigenvalue weighted by Gasteiger charge is -2.33. The molecule has 7 heteroatoms. The van der Waals surface area contributed by atoms with Gasteiger partial charge in [-0.1, -0.05) is 36.4 Å². The zero-order valence-corrected chi connectivity index (χ0v) is 16.4. The molecule has 6 nitrogen and oxygen atoms in total. The van der Waals surface area contributed by atoms with Crippen molar-refractivity contribution in [2.24, 2.45) is 5.92 Å². The van der Waals surface area contributed by atoms with Gasteiger partial charge in [-0.15, -0.1) is 0 Å². The minimum Gasteiger partial charge on any atom is -0.493 e. The molecular formula is C21H24N2O4S. The van der Waals surface area contributed by atoms with Crippen LogP contribution in [-0.4, -0.2) is 38.3 Å². The molecule has 0 spiro atoms. The maximum atomic E-state index is 12.9. The molecule has 0 aliphatic carbocycles. The number of hydrogen-bond acceptors (Lipinski definition) is 4. The normalized spacial score (nSPS) is 22.7. The third-order valence-corrected chi connectivity index (χ3v) is 7.29. The molecular weight excluding hydrogens is 376 g/mol. The summed E-state index contributed by atoms with van der Waals surface area (Å²) >= 11 is 0. The highest BCUT2D eigenvalue weighted by Crippen LogP contribution is 2.32. The fourth-order valence-electron chi connectivity index (χ4n) is 3.90. The Hall–Kier alpha value is -2.38. The maximum absolute atomic E-state index is 12.9. The first kappa shape index (κ1) is 19.0. The number of para-hydroxylation sites is 1. The molecule has 0 saturated carbocycles. The van der Waals surface area contributed by atoms with Gasteiger partial charge < -0.3 is 10.1 Å². The third-order valence-electron chi connectivity index (χ3n) is 5.41. The van der Waals surface area contributed by atoms with Gasteiger partial charge in [-0.05, 0) is 31.0 Å². The van der Waals surface area contributed by atoms with E-state index in [2.05, 4.69) is 5.32 Å². The van der Waals surface area contributed by atoms with E-state index >= 15 is 0 Å². The molecule has 2 aromatic carbocycles. The van der Waals surface area contributed by atoms with Crippen LogP contribution in [0.25, 0.3) is 0 Å². The second-order valence-electron chi connectivity index (χ2n) is 7.25. The van der Waals surface area contributed by atoms with Crippen molar-refractivity contribution in [1.29, 1.82) is 0 Å². The number of nitrogens with one attached hydrogen (secondary N) is 1. The molecule has 28 heavy (non-hydrogen) atoms. The van der Waals surface area contributed by atoms with Crippen LogP contribution in [0.3, 0.4) is 0 Å². The lowest BCUT2D eigenvalue weighted by Crippen LogP contribution is -2.46. The lowest BCUT2D eigenvalue weighted by molar-refractivity contribution is -0.127. The van der Waals surface area contributed by atoms with E-state index in [0.717, 1.165) is 11.3 Å². The van der Waals surface area contributed by atoms with Gasteiger partial charge in [0.05, 0.1) is 23.5 Å². The van der Waals surface area contributed by atoms with Crippen molar-refractivity contribution < 1.29 is 17.9 Å². The molecule has 2 atom stereocenters. The number of benzene rings is 2. The molecule has 2 aliphatic rings. The van der Waals surface area contributed by atoms with Gasteiger partial charge in [0.2, 0.25) is 15.9 Å². The zero-order chi connectivity index (χ0) is 19.6. The van der Waals surface area contributed by atoms with Crippen LogP contribution in [-0.2, 0) is 14.8 Å². The Morgan fingerprint density at radius 3 is 2.61 bits per heavy atom. The van der Waals surface area contributed by atoms with E-state index in [1.165, 1.54) is 4.31 Å². The van der Waals surface area contributed by atoms with Crippen molar-refractivity contribution in [3.05, 3.63) is 60.2 Å². The van der Waals surface area contributed by atoms with E-state index in [0.29, 0.717) is 32.4 Å². The third kappa shape index (κ3) is 3.77. The Kier molecular flexibility index (Phi) is 5.37. The summed E-state index contributed by atoms with van der Waals surface area (Å²) in [6.07, 6.45) is 2.08. The fourth-order valence-corrected chi connectivity index (χ4v) is 5.44. The van der Waals surface area contributed by atoms with E-state index in [4.69, 9.17) is 4.74 Å². The Labute approximate surface area is 165 Å². The van der Waals surface area contributed by atoms with E-state index < -0.39 is 10.0 Å². The number of carbonyl (C=O) groups is 1. The van der Waals surface area contributed by atoms with Gasteiger partial charge in [-0.2, -0.15) is 4.31 Å². The highest BCUT2D eigenvalue weighted by Gasteiger charge is 2.34. The van der Waals surface area contributed by atoms with Crippen molar-refractivity contribution >= 4 is 15.9 Å². The second-order valence-corrected chi connectivity index (χ2v) is 9.19. The quantitative estimate of drug-likeness (QED) is 0.856. The minimum atomic E-state index is -3.58. The van der Waals surface area contributed by atoms with Crippen molar-refractivity contribution in [2.45, 2.75) is 30.2 Å². The molecule has 2 heterocycles. The molecule has 2 aliphatic heterocycles. The molecule has 0 bridgehead atoms. The predicted octanol–water partition coefficient (Wildman–Crippen LogP) is 2.73. The zero-order valence-electron chi connectivity index (χ0n) is 15.6. The van der Waals surface area contributed by atoms with E-state index in [1.807, 2.05) is 24.3 Å². The van der Waals surface area contributed by atoms with Crippen LogP contribution in [0.2, 0.25) is 0 Å². The average Bonchev–Trinajstić information content (AvgIpc) is 2.75. The molecule has 1 amide bonds. The smallest absolute Gasteiger partial charge is 0.243 e. The molecule has 148 valence electrons. The first-order valence-corrected chi connectivity index (χ1v) is 11.1. The maximum Gasteiger partial charge on any atom is 0.243 e. The van der Waals surface area contributed by atoms with Gasteiger partial charge in [0.15, 0.2) is 0 Å². The number of ether oxygens (including phenoxy) is 1. The van der Waals surface area contributed by atoms with Crippen LogP contribution >= 0.6 is 0 Å². The van der Waals surface area contributed by atoms with Gasteiger partial charge in [-0.25, -0.2) is 8.42 Å². The summed E-state index contributed by atoms with van der Waals surface area (Å²) < 4.78 is 32.9. The fraction of sp³-hybridized carbons (Fsp3) is 0.381. The Morgan fingerprint density at radius 2 is 1.79 bits per heavy atom. The van der Waals surface area contributed by atoms with Gasteiger partial charge in [0.25, 0.3) is 0 Å². The molecule has 1 fully saturated rings. The summed E-state index contributed by atoms with van der Waals surface area (Å²) in [5.41, 5.74) is 0.978. The lowest BCUT2D eigenvalue weighted by atomic mass is 9.96. The standard InChI is InChI=1S/C21H24N2O4S/c24-21(22-19-12-14-27-20-11-5-4-10-18(19)20)16-7-6-13-23(15-16)28(25,26)17-8-2-1-3-9-17/h1-5,8-11,16,19H,6-7,12-15H2,(H,22,24)/t16-,19-/m0/s1.